The molecule has 1 unspecified atom stereocenters. The lowest BCUT2D eigenvalue weighted by molar-refractivity contribution is 0.614. The number of benzene rings is 1. The Morgan fingerprint density at radius 1 is 1.46 bits per heavy atom. The lowest BCUT2D eigenvalue weighted by Gasteiger charge is -2.11. The molecule has 0 aliphatic carbocycles. The molecule has 0 bridgehead atoms. The van der Waals surface area contributed by atoms with E-state index in [0.717, 1.165) is 12.0 Å². The Hall–Kier alpha value is -0.600. The smallest absolute Gasteiger partial charge is 0.123 e. The van der Waals surface area contributed by atoms with Crippen molar-refractivity contribution >= 4 is 12.4 Å². The summed E-state index contributed by atoms with van der Waals surface area (Å²) >= 11 is 0. The normalized spacial score (nSPS) is 11.9. The number of nitrogens with two attached hydrogens (primary N) is 1. The predicted molar refractivity (Wildman–Crippen MR) is 55.7 cm³/mol. The Morgan fingerprint density at radius 3 is 2.62 bits per heavy atom. The molecule has 3 heteroatoms. The second kappa shape index (κ2) is 5.95. The Bertz CT molecular complexity index is 248. The van der Waals surface area contributed by atoms with Crippen LogP contribution < -0.4 is 5.73 Å². The molecule has 1 aromatic rings. The molecule has 0 aromatic heterocycles. The number of hydrogen-bond donors (Lipinski definition) is 1. The fraction of sp³-hybridized carbons (Fsp3) is 0.400. The summed E-state index contributed by atoms with van der Waals surface area (Å²) in [5, 5.41) is 0. The molecule has 0 saturated carbocycles. The molecule has 74 valence electrons. The molecule has 1 atom stereocenters. The summed E-state index contributed by atoms with van der Waals surface area (Å²) < 4.78 is 12.8. The minimum absolute atomic E-state index is 0. The predicted octanol–water partition coefficient (Wildman–Crippen LogP) is 2.70. The van der Waals surface area contributed by atoms with E-state index in [-0.39, 0.29) is 18.2 Å². The molecular weight excluding hydrogens is 189 g/mol. The Kier molecular flexibility index (Phi) is 5.67. The van der Waals surface area contributed by atoms with Crippen LogP contribution in [0, 0.1) is 5.82 Å². The highest BCUT2D eigenvalue weighted by atomic mass is 35.5. The zero-order chi connectivity index (χ0) is 8.97. The average Bonchev–Trinajstić information content (AvgIpc) is 2.07. The molecule has 1 aromatic carbocycles. The number of rotatable bonds is 3. The standard InChI is InChI=1S/C10H14FN.ClH/c1-2-8(7-12)9-4-3-5-10(11)6-9;/h3-6,8H,2,7,12H2,1H3;1H. The average molecular weight is 204 g/mol. The molecule has 0 aliphatic rings. The molecule has 1 nitrogen and oxygen atoms in total. The van der Waals surface area contributed by atoms with Gasteiger partial charge in [0.15, 0.2) is 0 Å². The first-order valence-corrected chi connectivity index (χ1v) is 4.23. The monoisotopic (exact) mass is 203 g/mol. The van der Waals surface area contributed by atoms with Gasteiger partial charge in [-0.3, -0.25) is 0 Å². The first-order valence-electron chi connectivity index (χ1n) is 4.23. The maximum Gasteiger partial charge on any atom is 0.123 e. The fourth-order valence-electron chi connectivity index (χ4n) is 1.30. The van der Waals surface area contributed by atoms with Gasteiger partial charge in [-0.2, -0.15) is 0 Å². The van der Waals surface area contributed by atoms with Crippen LogP contribution in [0.25, 0.3) is 0 Å². The van der Waals surface area contributed by atoms with Crippen LogP contribution in [0.15, 0.2) is 24.3 Å². The lowest BCUT2D eigenvalue weighted by atomic mass is 9.97. The lowest BCUT2D eigenvalue weighted by Crippen LogP contribution is -2.11. The molecule has 0 aliphatic heterocycles. The van der Waals surface area contributed by atoms with E-state index < -0.39 is 0 Å². The second-order valence-electron chi connectivity index (χ2n) is 2.90. The van der Waals surface area contributed by atoms with Crippen LogP contribution in [0.3, 0.4) is 0 Å². The molecule has 0 fully saturated rings. The summed E-state index contributed by atoms with van der Waals surface area (Å²) in [5.74, 6) is 0.111. The zero-order valence-corrected chi connectivity index (χ0v) is 8.48. The minimum Gasteiger partial charge on any atom is -0.330 e. The van der Waals surface area contributed by atoms with Crippen LogP contribution in [0.1, 0.15) is 24.8 Å². The van der Waals surface area contributed by atoms with E-state index in [1.54, 1.807) is 12.1 Å². The molecule has 0 heterocycles. The quantitative estimate of drug-likeness (QED) is 0.803. The van der Waals surface area contributed by atoms with Gasteiger partial charge in [-0.15, -0.1) is 12.4 Å². The molecule has 13 heavy (non-hydrogen) atoms. The van der Waals surface area contributed by atoms with E-state index in [4.69, 9.17) is 5.73 Å². The zero-order valence-electron chi connectivity index (χ0n) is 7.66. The van der Waals surface area contributed by atoms with Gasteiger partial charge in [0.2, 0.25) is 0 Å². The maximum atomic E-state index is 12.8. The van der Waals surface area contributed by atoms with E-state index in [1.807, 2.05) is 6.07 Å². The second-order valence-corrected chi connectivity index (χ2v) is 2.90. The summed E-state index contributed by atoms with van der Waals surface area (Å²) in [6.45, 7) is 2.64. The van der Waals surface area contributed by atoms with Crippen LogP contribution in [0.5, 0.6) is 0 Å². The van der Waals surface area contributed by atoms with Gasteiger partial charge >= 0.3 is 0 Å². The SMILES string of the molecule is CCC(CN)c1cccc(F)c1.Cl. The topological polar surface area (TPSA) is 26.0 Å². The summed E-state index contributed by atoms with van der Waals surface area (Å²) in [5.41, 5.74) is 6.54. The van der Waals surface area contributed by atoms with Crippen molar-refractivity contribution in [3.05, 3.63) is 35.6 Å². The highest BCUT2D eigenvalue weighted by Gasteiger charge is 2.06. The van der Waals surface area contributed by atoms with Crippen molar-refractivity contribution in [2.24, 2.45) is 5.73 Å². The van der Waals surface area contributed by atoms with Crippen LogP contribution >= 0.6 is 12.4 Å². The van der Waals surface area contributed by atoms with E-state index in [2.05, 4.69) is 6.92 Å². The van der Waals surface area contributed by atoms with Crippen molar-refractivity contribution < 1.29 is 4.39 Å². The van der Waals surface area contributed by atoms with E-state index >= 15 is 0 Å². The van der Waals surface area contributed by atoms with Gasteiger partial charge in [0, 0.05) is 0 Å². The van der Waals surface area contributed by atoms with Crippen LogP contribution in [0.4, 0.5) is 4.39 Å². The molecular formula is C10H15ClFN. The van der Waals surface area contributed by atoms with Crippen molar-refractivity contribution in [3.8, 4) is 0 Å². The van der Waals surface area contributed by atoms with E-state index in [9.17, 15) is 4.39 Å². The summed E-state index contributed by atoms with van der Waals surface area (Å²) in [6.07, 6.45) is 0.958. The highest BCUT2D eigenvalue weighted by molar-refractivity contribution is 5.85. The van der Waals surface area contributed by atoms with Crippen LogP contribution in [0.2, 0.25) is 0 Å². The van der Waals surface area contributed by atoms with Crippen molar-refractivity contribution in [1.29, 1.82) is 0 Å². The van der Waals surface area contributed by atoms with Crippen molar-refractivity contribution in [1.82, 2.24) is 0 Å². The summed E-state index contributed by atoms with van der Waals surface area (Å²) in [6, 6.07) is 6.65. The molecule has 2 N–H and O–H groups in total. The Morgan fingerprint density at radius 2 is 2.15 bits per heavy atom. The number of halogens is 2. The highest BCUT2D eigenvalue weighted by Crippen LogP contribution is 2.18. The molecule has 0 spiro atoms. The van der Waals surface area contributed by atoms with Crippen molar-refractivity contribution in [2.45, 2.75) is 19.3 Å². The van der Waals surface area contributed by atoms with Gasteiger partial charge in [0.1, 0.15) is 5.82 Å². The molecule has 0 amide bonds. The third kappa shape index (κ3) is 3.33. The van der Waals surface area contributed by atoms with Crippen LogP contribution in [-0.2, 0) is 0 Å². The summed E-state index contributed by atoms with van der Waals surface area (Å²) in [4.78, 5) is 0. The molecule has 0 saturated heterocycles. The minimum atomic E-state index is -0.181. The summed E-state index contributed by atoms with van der Waals surface area (Å²) in [7, 11) is 0. The first kappa shape index (κ1) is 12.4. The van der Waals surface area contributed by atoms with E-state index in [0.29, 0.717) is 12.5 Å². The largest absolute Gasteiger partial charge is 0.330 e. The number of hydrogen-bond acceptors (Lipinski definition) is 1. The third-order valence-electron chi connectivity index (χ3n) is 2.10. The fourth-order valence-corrected chi connectivity index (χ4v) is 1.30. The third-order valence-corrected chi connectivity index (χ3v) is 2.10. The maximum absolute atomic E-state index is 12.8. The van der Waals surface area contributed by atoms with Crippen molar-refractivity contribution in [2.75, 3.05) is 6.54 Å². The first-order chi connectivity index (χ1) is 5.77. The van der Waals surface area contributed by atoms with Gasteiger partial charge in [0.05, 0.1) is 0 Å². The van der Waals surface area contributed by atoms with Gasteiger partial charge < -0.3 is 5.73 Å². The van der Waals surface area contributed by atoms with Gasteiger partial charge in [-0.1, -0.05) is 19.1 Å². The van der Waals surface area contributed by atoms with Crippen molar-refractivity contribution in [3.63, 3.8) is 0 Å². The van der Waals surface area contributed by atoms with Gasteiger partial charge in [-0.05, 0) is 36.6 Å². The van der Waals surface area contributed by atoms with Gasteiger partial charge in [-0.25, -0.2) is 4.39 Å². The molecule has 0 radical (unpaired) electrons. The van der Waals surface area contributed by atoms with E-state index in [1.165, 1.54) is 6.07 Å². The Labute approximate surface area is 84.5 Å². The van der Waals surface area contributed by atoms with Gasteiger partial charge in [0.25, 0.3) is 0 Å². The van der Waals surface area contributed by atoms with Crippen LogP contribution in [-0.4, -0.2) is 6.54 Å². The Balaban J connectivity index is 0.00000144. The molecule has 1 rings (SSSR count).